The highest BCUT2D eigenvalue weighted by Crippen LogP contribution is 2.21. The molecule has 0 radical (unpaired) electrons. The zero-order valence-electron chi connectivity index (χ0n) is 15.1. The second-order valence-corrected chi connectivity index (χ2v) is 6.51. The van der Waals surface area contributed by atoms with E-state index in [0.717, 1.165) is 30.9 Å². The molecular weight excluding hydrogens is 427 g/mol. The van der Waals surface area contributed by atoms with Crippen LogP contribution in [0.3, 0.4) is 0 Å². The number of nitrogens with one attached hydrogen (secondary N) is 2. The molecule has 0 amide bonds. The van der Waals surface area contributed by atoms with Crippen molar-refractivity contribution in [2.75, 3.05) is 7.05 Å². The number of aryl methyl sites for hydroxylation is 1. The molecule has 0 bridgehead atoms. The monoisotopic (exact) mass is 454 g/mol. The predicted octanol–water partition coefficient (Wildman–Crippen LogP) is 2.70. The topological polar surface area (TPSA) is 67.1 Å². The zero-order chi connectivity index (χ0) is 16.9. The fraction of sp³-hybridized carbons (Fsp3) is 0.500. The molecule has 1 aliphatic carbocycles. The van der Waals surface area contributed by atoms with Crippen molar-refractivity contribution in [3.05, 3.63) is 47.5 Å². The minimum Gasteiger partial charge on any atom is -0.353 e. The van der Waals surface area contributed by atoms with Gasteiger partial charge in [0.15, 0.2) is 5.96 Å². The fourth-order valence-corrected chi connectivity index (χ4v) is 2.97. The SMILES string of the molecule is CN=C(NCc1ccccn1)NC1CCc2cn(C(C)C)nc2C1.I. The molecule has 0 spiro atoms. The van der Waals surface area contributed by atoms with Crippen LogP contribution in [0, 0.1) is 0 Å². The number of rotatable bonds is 4. The fourth-order valence-electron chi connectivity index (χ4n) is 2.97. The van der Waals surface area contributed by atoms with Crippen LogP contribution in [0.5, 0.6) is 0 Å². The summed E-state index contributed by atoms with van der Waals surface area (Å²) in [5.41, 5.74) is 3.60. The summed E-state index contributed by atoms with van der Waals surface area (Å²) >= 11 is 0. The van der Waals surface area contributed by atoms with Crippen LogP contribution in [-0.2, 0) is 19.4 Å². The summed E-state index contributed by atoms with van der Waals surface area (Å²) < 4.78 is 2.07. The largest absolute Gasteiger partial charge is 0.353 e. The average Bonchev–Trinajstić information content (AvgIpc) is 3.03. The van der Waals surface area contributed by atoms with E-state index in [-0.39, 0.29) is 24.0 Å². The summed E-state index contributed by atoms with van der Waals surface area (Å²) in [6.45, 7) is 5.00. The van der Waals surface area contributed by atoms with Crippen molar-refractivity contribution in [2.45, 2.75) is 51.7 Å². The Labute approximate surface area is 166 Å². The molecule has 0 saturated carbocycles. The predicted molar refractivity (Wildman–Crippen MR) is 111 cm³/mol. The first-order chi connectivity index (χ1) is 11.7. The number of aliphatic imine (C=N–C) groups is 1. The highest BCUT2D eigenvalue weighted by atomic mass is 127. The van der Waals surface area contributed by atoms with Gasteiger partial charge in [0.25, 0.3) is 0 Å². The Bertz CT molecular complexity index is 695. The zero-order valence-corrected chi connectivity index (χ0v) is 17.4. The summed E-state index contributed by atoms with van der Waals surface area (Å²) in [6.07, 6.45) is 7.11. The van der Waals surface area contributed by atoms with Crippen LogP contribution in [0.2, 0.25) is 0 Å². The van der Waals surface area contributed by atoms with E-state index >= 15 is 0 Å². The van der Waals surface area contributed by atoms with Crippen molar-refractivity contribution in [3.8, 4) is 0 Å². The molecule has 136 valence electrons. The highest BCUT2D eigenvalue weighted by molar-refractivity contribution is 14.0. The molecule has 3 rings (SSSR count). The van der Waals surface area contributed by atoms with Gasteiger partial charge >= 0.3 is 0 Å². The van der Waals surface area contributed by atoms with Gasteiger partial charge in [0.2, 0.25) is 0 Å². The quantitative estimate of drug-likeness (QED) is 0.424. The molecule has 1 atom stereocenters. The number of pyridine rings is 1. The van der Waals surface area contributed by atoms with Crippen molar-refractivity contribution >= 4 is 29.9 Å². The average molecular weight is 454 g/mol. The summed E-state index contributed by atoms with van der Waals surface area (Å²) in [4.78, 5) is 8.65. The molecule has 2 aromatic heterocycles. The summed E-state index contributed by atoms with van der Waals surface area (Å²) in [5.74, 6) is 0.817. The van der Waals surface area contributed by atoms with Gasteiger partial charge in [-0.25, -0.2) is 0 Å². The maximum absolute atomic E-state index is 4.73. The normalized spacial score (nSPS) is 17.0. The highest BCUT2D eigenvalue weighted by Gasteiger charge is 2.22. The number of guanidine groups is 1. The van der Waals surface area contributed by atoms with Gasteiger partial charge in [-0.05, 0) is 44.4 Å². The number of hydrogen-bond acceptors (Lipinski definition) is 3. The lowest BCUT2D eigenvalue weighted by molar-refractivity contribution is 0.499. The molecule has 0 aromatic carbocycles. The van der Waals surface area contributed by atoms with Gasteiger partial charge in [-0.15, -0.1) is 24.0 Å². The Morgan fingerprint density at radius 2 is 2.24 bits per heavy atom. The van der Waals surface area contributed by atoms with Crippen molar-refractivity contribution in [1.82, 2.24) is 25.4 Å². The molecule has 1 unspecified atom stereocenters. The molecule has 0 aliphatic heterocycles. The number of halogens is 1. The van der Waals surface area contributed by atoms with Crippen LogP contribution in [0.1, 0.15) is 43.3 Å². The van der Waals surface area contributed by atoms with Crippen molar-refractivity contribution in [3.63, 3.8) is 0 Å². The van der Waals surface area contributed by atoms with Crippen LogP contribution in [0.15, 0.2) is 35.6 Å². The third kappa shape index (κ3) is 5.17. The van der Waals surface area contributed by atoms with Gasteiger partial charge in [0, 0.05) is 37.9 Å². The second-order valence-electron chi connectivity index (χ2n) is 6.51. The first kappa shape index (κ1) is 19.7. The lowest BCUT2D eigenvalue weighted by atomic mass is 9.94. The first-order valence-corrected chi connectivity index (χ1v) is 8.59. The summed E-state index contributed by atoms with van der Waals surface area (Å²) in [5, 5.41) is 11.6. The summed E-state index contributed by atoms with van der Waals surface area (Å²) in [6, 6.07) is 6.70. The lowest BCUT2D eigenvalue weighted by Crippen LogP contribution is -2.45. The number of fused-ring (bicyclic) bond motifs is 1. The van der Waals surface area contributed by atoms with E-state index in [9.17, 15) is 0 Å². The maximum Gasteiger partial charge on any atom is 0.191 e. The Kier molecular flexibility index (Phi) is 7.22. The van der Waals surface area contributed by atoms with Crippen molar-refractivity contribution in [1.29, 1.82) is 0 Å². The molecular formula is C18H27IN6. The lowest BCUT2D eigenvalue weighted by Gasteiger charge is -2.24. The van der Waals surface area contributed by atoms with Gasteiger partial charge in [-0.2, -0.15) is 5.10 Å². The molecule has 1 aliphatic rings. The van der Waals surface area contributed by atoms with Crippen molar-refractivity contribution in [2.24, 2.45) is 4.99 Å². The second kappa shape index (κ2) is 9.17. The van der Waals surface area contributed by atoms with E-state index in [0.29, 0.717) is 18.6 Å². The number of nitrogens with zero attached hydrogens (tertiary/aromatic N) is 4. The van der Waals surface area contributed by atoms with E-state index in [4.69, 9.17) is 5.10 Å². The van der Waals surface area contributed by atoms with E-state index in [1.54, 1.807) is 13.2 Å². The van der Waals surface area contributed by atoms with Gasteiger partial charge in [0.1, 0.15) is 0 Å². The molecule has 2 N–H and O–H groups in total. The first-order valence-electron chi connectivity index (χ1n) is 8.59. The van der Waals surface area contributed by atoms with Gasteiger partial charge in [0.05, 0.1) is 17.9 Å². The van der Waals surface area contributed by atoms with Crippen molar-refractivity contribution < 1.29 is 0 Å². The van der Waals surface area contributed by atoms with E-state index in [2.05, 4.69) is 45.3 Å². The van der Waals surface area contributed by atoms with E-state index in [1.807, 2.05) is 18.2 Å². The number of hydrogen-bond donors (Lipinski definition) is 2. The number of aromatic nitrogens is 3. The standard InChI is InChI=1S/C18H26N6.HI/c1-13(2)24-12-14-7-8-15(10-17(14)23-24)22-18(19-3)21-11-16-6-4-5-9-20-16;/h4-6,9,12-13,15H,7-8,10-11H2,1-3H3,(H2,19,21,22);1H. The van der Waals surface area contributed by atoms with Crippen LogP contribution < -0.4 is 10.6 Å². The van der Waals surface area contributed by atoms with Gasteiger partial charge in [-0.3, -0.25) is 14.7 Å². The van der Waals surface area contributed by atoms with Gasteiger partial charge in [-0.1, -0.05) is 6.07 Å². The van der Waals surface area contributed by atoms with Crippen LogP contribution in [0.25, 0.3) is 0 Å². The van der Waals surface area contributed by atoms with Crippen LogP contribution in [0.4, 0.5) is 0 Å². The van der Waals surface area contributed by atoms with Crippen LogP contribution >= 0.6 is 24.0 Å². The van der Waals surface area contributed by atoms with E-state index < -0.39 is 0 Å². The molecule has 2 aromatic rings. The Morgan fingerprint density at radius 3 is 2.92 bits per heavy atom. The molecule has 7 heteroatoms. The van der Waals surface area contributed by atoms with Gasteiger partial charge < -0.3 is 10.6 Å². The summed E-state index contributed by atoms with van der Waals surface area (Å²) in [7, 11) is 1.80. The Morgan fingerprint density at radius 1 is 1.40 bits per heavy atom. The third-order valence-electron chi connectivity index (χ3n) is 4.35. The molecule has 0 saturated heterocycles. The van der Waals surface area contributed by atoms with E-state index in [1.165, 1.54) is 11.3 Å². The molecule has 2 heterocycles. The molecule has 6 nitrogen and oxygen atoms in total. The maximum atomic E-state index is 4.73. The minimum absolute atomic E-state index is 0. The Hall–Kier alpha value is -1.64. The Balaban J connectivity index is 0.00000225. The smallest absolute Gasteiger partial charge is 0.191 e. The molecule has 0 fully saturated rings. The minimum atomic E-state index is 0. The third-order valence-corrected chi connectivity index (χ3v) is 4.35. The van der Waals surface area contributed by atoms with Crippen LogP contribution in [-0.4, -0.2) is 33.8 Å². The molecule has 25 heavy (non-hydrogen) atoms.